The molecule has 0 saturated heterocycles. The zero-order valence-electron chi connectivity index (χ0n) is 12.0. The van der Waals surface area contributed by atoms with E-state index in [1.807, 2.05) is 0 Å². The smallest absolute Gasteiger partial charge is 0.328 e. The zero-order valence-corrected chi connectivity index (χ0v) is 12.0. The van der Waals surface area contributed by atoms with Crippen LogP contribution < -0.4 is 10.6 Å². The van der Waals surface area contributed by atoms with Gasteiger partial charge in [0.15, 0.2) is 0 Å². The molecule has 0 aromatic rings. The van der Waals surface area contributed by atoms with Crippen LogP contribution in [0.5, 0.6) is 0 Å². The molecule has 0 aromatic carbocycles. The molecule has 2 amide bonds. The van der Waals surface area contributed by atoms with Crippen LogP contribution in [-0.2, 0) is 14.3 Å². The monoisotopic (exact) mass is 286 g/mol. The van der Waals surface area contributed by atoms with Crippen LogP contribution in [0.2, 0.25) is 0 Å². The summed E-state index contributed by atoms with van der Waals surface area (Å²) in [6.07, 6.45) is 1.62. The summed E-state index contributed by atoms with van der Waals surface area (Å²) in [5.41, 5.74) is 0. The third kappa shape index (κ3) is 4.40. The predicted molar refractivity (Wildman–Crippen MR) is 71.1 cm³/mol. The van der Waals surface area contributed by atoms with Crippen molar-refractivity contribution in [3.05, 3.63) is 0 Å². The molecule has 3 N–H and O–H groups in total. The molecule has 0 spiro atoms. The van der Waals surface area contributed by atoms with Gasteiger partial charge in [-0.2, -0.15) is 0 Å². The summed E-state index contributed by atoms with van der Waals surface area (Å²) in [6, 6.07) is -1.34. The van der Waals surface area contributed by atoms with E-state index in [0.717, 1.165) is 0 Å². The molecule has 114 valence electrons. The van der Waals surface area contributed by atoms with Gasteiger partial charge < -0.3 is 20.5 Å². The van der Waals surface area contributed by atoms with Crippen LogP contribution in [0.1, 0.15) is 33.1 Å². The van der Waals surface area contributed by atoms with Crippen molar-refractivity contribution in [3.8, 4) is 0 Å². The zero-order chi connectivity index (χ0) is 15.3. The van der Waals surface area contributed by atoms with E-state index in [1.165, 1.54) is 7.11 Å². The highest BCUT2D eigenvalue weighted by Gasteiger charge is 2.31. The lowest BCUT2D eigenvalue weighted by Crippen LogP contribution is -2.51. The minimum atomic E-state index is -0.829. The first-order valence-electron chi connectivity index (χ1n) is 6.72. The van der Waals surface area contributed by atoms with Crippen molar-refractivity contribution in [2.24, 2.45) is 11.8 Å². The number of nitrogens with one attached hydrogen (secondary N) is 2. The van der Waals surface area contributed by atoms with Gasteiger partial charge in [0.05, 0.1) is 13.0 Å². The van der Waals surface area contributed by atoms with Gasteiger partial charge in [0.2, 0.25) is 0 Å². The number of urea groups is 1. The molecule has 0 heterocycles. The van der Waals surface area contributed by atoms with Crippen LogP contribution in [0.15, 0.2) is 0 Å². The van der Waals surface area contributed by atoms with Crippen molar-refractivity contribution in [3.63, 3.8) is 0 Å². The number of carboxylic acids is 1. The van der Waals surface area contributed by atoms with Gasteiger partial charge in [-0.05, 0) is 25.2 Å². The Kier molecular flexibility index (Phi) is 5.79. The first-order valence-corrected chi connectivity index (χ1v) is 6.72. The van der Waals surface area contributed by atoms with E-state index in [-0.39, 0.29) is 12.0 Å². The second kappa shape index (κ2) is 7.12. The fourth-order valence-electron chi connectivity index (χ4n) is 2.33. The number of methoxy groups -OCH3 is 1. The number of aliphatic carboxylic acids is 1. The Morgan fingerprint density at radius 3 is 2.35 bits per heavy atom. The molecule has 0 bridgehead atoms. The van der Waals surface area contributed by atoms with Gasteiger partial charge in [-0.3, -0.25) is 4.79 Å². The summed E-state index contributed by atoms with van der Waals surface area (Å²) in [6.45, 7) is 3.61. The van der Waals surface area contributed by atoms with Crippen molar-refractivity contribution in [1.82, 2.24) is 10.6 Å². The average molecular weight is 286 g/mol. The molecule has 0 aromatic heterocycles. The third-order valence-electron chi connectivity index (χ3n) is 3.53. The number of ether oxygens (including phenoxy) is 1. The molecule has 0 aliphatic heterocycles. The molecule has 1 fully saturated rings. The quantitative estimate of drug-likeness (QED) is 0.646. The van der Waals surface area contributed by atoms with Crippen molar-refractivity contribution in [2.45, 2.75) is 45.2 Å². The Labute approximate surface area is 118 Å². The number of amides is 2. The Morgan fingerprint density at radius 2 is 1.90 bits per heavy atom. The SMILES string of the molecule is COC(=O)C(NC(=O)N[C@H]1CC[C@@H](C(=O)O)C1)C(C)C. The van der Waals surface area contributed by atoms with Gasteiger partial charge in [-0.25, -0.2) is 9.59 Å². The molecule has 7 nitrogen and oxygen atoms in total. The molecule has 0 radical (unpaired) electrons. The molecule has 3 atom stereocenters. The predicted octanol–water partition coefficient (Wildman–Crippen LogP) is 0.736. The lowest BCUT2D eigenvalue weighted by molar-refractivity contribution is -0.144. The highest BCUT2D eigenvalue weighted by Crippen LogP contribution is 2.25. The van der Waals surface area contributed by atoms with Crippen molar-refractivity contribution in [2.75, 3.05) is 7.11 Å². The van der Waals surface area contributed by atoms with E-state index >= 15 is 0 Å². The van der Waals surface area contributed by atoms with Gasteiger partial charge >= 0.3 is 18.0 Å². The van der Waals surface area contributed by atoms with E-state index in [4.69, 9.17) is 5.11 Å². The van der Waals surface area contributed by atoms with Gasteiger partial charge in [-0.15, -0.1) is 0 Å². The van der Waals surface area contributed by atoms with Gasteiger partial charge in [-0.1, -0.05) is 13.8 Å². The maximum Gasteiger partial charge on any atom is 0.328 e. The maximum absolute atomic E-state index is 11.8. The molecule has 1 rings (SSSR count). The summed E-state index contributed by atoms with van der Waals surface area (Å²) >= 11 is 0. The minimum absolute atomic E-state index is 0.0939. The van der Waals surface area contributed by atoms with E-state index in [0.29, 0.717) is 19.3 Å². The van der Waals surface area contributed by atoms with E-state index in [9.17, 15) is 14.4 Å². The van der Waals surface area contributed by atoms with Gasteiger partial charge in [0, 0.05) is 6.04 Å². The van der Waals surface area contributed by atoms with Crippen LogP contribution >= 0.6 is 0 Å². The number of esters is 1. The Morgan fingerprint density at radius 1 is 1.25 bits per heavy atom. The number of carbonyl (C=O) groups is 3. The van der Waals surface area contributed by atoms with Crippen LogP contribution in [0.25, 0.3) is 0 Å². The topological polar surface area (TPSA) is 105 Å². The summed E-state index contributed by atoms with van der Waals surface area (Å²) < 4.78 is 4.63. The Balaban J connectivity index is 2.47. The summed E-state index contributed by atoms with van der Waals surface area (Å²) in [4.78, 5) is 34.2. The van der Waals surface area contributed by atoms with Crippen LogP contribution in [0.3, 0.4) is 0 Å². The first-order chi connectivity index (χ1) is 9.35. The Hall–Kier alpha value is -1.79. The summed E-state index contributed by atoms with van der Waals surface area (Å²) in [7, 11) is 1.27. The molecular weight excluding hydrogens is 264 g/mol. The first kappa shape index (κ1) is 16.3. The highest BCUT2D eigenvalue weighted by atomic mass is 16.5. The standard InChI is InChI=1S/C13H22N2O5/c1-7(2)10(12(18)20-3)15-13(19)14-9-5-4-8(6-9)11(16)17/h7-10H,4-6H2,1-3H3,(H,16,17)(H2,14,15,19)/t8-,9+,10?/m1/s1. The minimum Gasteiger partial charge on any atom is -0.481 e. The van der Waals surface area contributed by atoms with E-state index < -0.39 is 29.9 Å². The number of carbonyl (C=O) groups excluding carboxylic acids is 2. The van der Waals surface area contributed by atoms with Gasteiger partial charge in [0.25, 0.3) is 0 Å². The molecule has 20 heavy (non-hydrogen) atoms. The molecule has 1 saturated carbocycles. The molecule has 1 aliphatic rings. The highest BCUT2D eigenvalue weighted by molar-refractivity contribution is 5.84. The van der Waals surface area contributed by atoms with Crippen molar-refractivity contribution in [1.29, 1.82) is 0 Å². The van der Waals surface area contributed by atoms with Gasteiger partial charge in [0.1, 0.15) is 6.04 Å². The lowest BCUT2D eigenvalue weighted by Gasteiger charge is -2.21. The Bertz CT molecular complexity index is 383. The van der Waals surface area contributed by atoms with Crippen LogP contribution in [0.4, 0.5) is 4.79 Å². The van der Waals surface area contributed by atoms with Crippen LogP contribution in [0, 0.1) is 11.8 Å². The van der Waals surface area contributed by atoms with E-state index in [1.54, 1.807) is 13.8 Å². The number of hydrogen-bond donors (Lipinski definition) is 3. The lowest BCUT2D eigenvalue weighted by atomic mass is 10.1. The molecule has 1 aliphatic carbocycles. The maximum atomic E-state index is 11.8. The second-order valence-corrected chi connectivity index (χ2v) is 5.41. The molecule has 7 heteroatoms. The molecular formula is C13H22N2O5. The summed E-state index contributed by atoms with van der Waals surface area (Å²) in [5, 5.41) is 14.2. The summed E-state index contributed by atoms with van der Waals surface area (Å²) in [5.74, 6) is -1.82. The fraction of sp³-hybridized carbons (Fsp3) is 0.769. The average Bonchev–Trinajstić information content (AvgIpc) is 2.83. The number of carboxylic acid groups (broad SMARTS) is 1. The normalized spacial score (nSPS) is 23.2. The third-order valence-corrected chi connectivity index (χ3v) is 3.53. The number of hydrogen-bond acceptors (Lipinski definition) is 4. The largest absolute Gasteiger partial charge is 0.481 e. The fourth-order valence-corrected chi connectivity index (χ4v) is 2.33. The van der Waals surface area contributed by atoms with Crippen LogP contribution in [-0.4, -0.2) is 42.3 Å². The molecule has 1 unspecified atom stereocenters. The van der Waals surface area contributed by atoms with Crippen molar-refractivity contribution < 1.29 is 24.2 Å². The van der Waals surface area contributed by atoms with Crippen molar-refractivity contribution >= 4 is 18.0 Å². The van der Waals surface area contributed by atoms with E-state index in [2.05, 4.69) is 15.4 Å². The second-order valence-electron chi connectivity index (χ2n) is 5.41. The number of rotatable bonds is 5.